The van der Waals surface area contributed by atoms with Crippen molar-refractivity contribution in [1.82, 2.24) is 10.2 Å². The molecule has 0 fully saturated rings. The first-order valence-electron chi connectivity index (χ1n) is 7.52. The number of hydrogen-bond donors (Lipinski definition) is 2. The van der Waals surface area contributed by atoms with Crippen LogP contribution in [0.3, 0.4) is 0 Å². The zero-order valence-corrected chi connectivity index (χ0v) is 15.0. The quantitative estimate of drug-likeness (QED) is 0.798. The zero-order chi connectivity index (χ0) is 17.2. The maximum Gasteiger partial charge on any atom is 0.256 e. The Morgan fingerprint density at radius 1 is 1.28 bits per heavy atom. The van der Waals surface area contributed by atoms with Crippen LogP contribution in [0.5, 0.6) is 0 Å². The van der Waals surface area contributed by atoms with Crippen molar-refractivity contribution < 1.29 is 13.2 Å². The topological polar surface area (TPSA) is 105 Å². The summed E-state index contributed by atoms with van der Waals surface area (Å²) in [6.07, 6.45) is 4.69. The van der Waals surface area contributed by atoms with E-state index in [-0.39, 0.29) is 36.7 Å². The molecule has 1 aromatic carbocycles. The third-order valence-corrected chi connectivity index (χ3v) is 4.96. The third-order valence-electron chi connectivity index (χ3n) is 3.80. The highest BCUT2D eigenvalue weighted by atomic mass is 35.5. The molecule has 0 radical (unpaired) electrons. The number of benzene rings is 1. The Bertz CT molecular complexity index is 834. The van der Waals surface area contributed by atoms with E-state index in [4.69, 9.17) is 5.73 Å². The summed E-state index contributed by atoms with van der Waals surface area (Å²) in [5, 5.41) is 2.79. The van der Waals surface area contributed by atoms with Gasteiger partial charge in [0.05, 0.1) is 11.3 Å². The van der Waals surface area contributed by atoms with E-state index in [9.17, 15) is 13.2 Å². The molecule has 0 aromatic heterocycles. The second-order valence-corrected chi connectivity index (χ2v) is 7.33. The van der Waals surface area contributed by atoms with Crippen LogP contribution in [0.4, 0.5) is 0 Å². The van der Waals surface area contributed by atoms with Crippen molar-refractivity contribution >= 4 is 34.2 Å². The Labute approximate surface area is 152 Å². The molecule has 0 spiro atoms. The molecule has 0 bridgehead atoms. The van der Waals surface area contributed by atoms with Crippen LogP contribution in [0.15, 0.2) is 58.7 Å². The summed E-state index contributed by atoms with van der Waals surface area (Å²) < 4.78 is 26.6. The lowest BCUT2D eigenvalue weighted by Gasteiger charge is -2.27. The number of halogens is 1. The monoisotopic (exact) mass is 382 g/mol. The van der Waals surface area contributed by atoms with Gasteiger partial charge in [0.25, 0.3) is 15.9 Å². The molecule has 1 aromatic rings. The minimum Gasteiger partial charge on any atom is -0.350 e. The molecule has 9 heteroatoms. The van der Waals surface area contributed by atoms with Gasteiger partial charge in [-0.15, -0.1) is 16.8 Å². The van der Waals surface area contributed by atoms with Gasteiger partial charge in [-0.05, 0) is 17.7 Å². The fraction of sp³-hybridized carbons (Fsp3) is 0.250. The molecule has 0 saturated carbocycles. The van der Waals surface area contributed by atoms with Gasteiger partial charge in [0.1, 0.15) is 5.84 Å². The van der Waals surface area contributed by atoms with Crippen molar-refractivity contribution in [3.05, 3.63) is 59.8 Å². The van der Waals surface area contributed by atoms with Crippen molar-refractivity contribution in [2.75, 3.05) is 18.8 Å². The summed E-state index contributed by atoms with van der Waals surface area (Å²) in [6.45, 7) is 0.592. The molecule has 0 saturated heterocycles. The Morgan fingerprint density at radius 2 is 2.00 bits per heavy atom. The van der Waals surface area contributed by atoms with Crippen molar-refractivity contribution in [2.24, 2.45) is 10.1 Å². The molecule has 0 aliphatic carbocycles. The second kappa shape index (κ2) is 7.81. The maximum atomic E-state index is 12.3. The first-order chi connectivity index (χ1) is 11.4. The first kappa shape index (κ1) is 19.2. The average Bonchev–Trinajstić information content (AvgIpc) is 2.59. The molecule has 2 aliphatic rings. The van der Waals surface area contributed by atoms with Crippen molar-refractivity contribution in [3.63, 3.8) is 0 Å². The molecule has 1 amide bonds. The molecule has 3 N–H and O–H groups in total. The standard InChI is InChI=1S/C16H18N4O3S.ClH/c17-14(12-4-2-1-3-5-12)10-18-16(21)13-6-7-15-19-24(22,23)9-8-20(15)11-13;/h1-7,11,14H,8-10,17H2,(H,18,21);1H. The summed E-state index contributed by atoms with van der Waals surface area (Å²) in [4.78, 5) is 13.9. The zero-order valence-electron chi connectivity index (χ0n) is 13.3. The third kappa shape index (κ3) is 4.68. The molecular weight excluding hydrogens is 364 g/mol. The molecular formula is C16H19ClN4O3S. The number of nitrogens with two attached hydrogens (primary N) is 1. The van der Waals surface area contributed by atoms with E-state index >= 15 is 0 Å². The van der Waals surface area contributed by atoms with E-state index in [1.165, 1.54) is 6.08 Å². The van der Waals surface area contributed by atoms with Gasteiger partial charge in [-0.25, -0.2) is 8.42 Å². The number of hydrogen-bond acceptors (Lipinski definition) is 5. The van der Waals surface area contributed by atoms with Crippen LogP contribution in [-0.2, 0) is 14.8 Å². The van der Waals surface area contributed by atoms with Gasteiger partial charge in [0, 0.05) is 25.3 Å². The molecule has 2 aliphatic heterocycles. The minimum atomic E-state index is -3.39. The van der Waals surface area contributed by atoms with Crippen LogP contribution in [0.2, 0.25) is 0 Å². The Hall–Kier alpha value is -2.16. The Kier molecular flexibility index (Phi) is 5.99. The number of amides is 1. The number of nitrogens with zero attached hydrogens (tertiary/aromatic N) is 2. The summed E-state index contributed by atoms with van der Waals surface area (Å²) in [6, 6.07) is 9.23. The molecule has 3 rings (SSSR count). The molecule has 25 heavy (non-hydrogen) atoms. The minimum absolute atomic E-state index is 0. The van der Waals surface area contributed by atoms with Gasteiger partial charge in [0.2, 0.25) is 0 Å². The fourth-order valence-electron chi connectivity index (χ4n) is 2.46. The Morgan fingerprint density at radius 3 is 2.72 bits per heavy atom. The van der Waals surface area contributed by atoms with Crippen LogP contribution in [0.25, 0.3) is 0 Å². The van der Waals surface area contributed by atoms with Gasteiger partial charge in [0.15, 0.2) is 0 Å². The van der Waals surface area contributed by atoms with Gasteiger partial charge in [-0.3, -0.25) is 4.79 Å². The first-order valence-corrected chi connectivity index (χ1v) is 9.13. The second-order valence-electron chi connectivity index (χ2n) is 5.57. The number of nitrogens with one attached hydrogen (secondary N) is 1. The maximum absolute atomic E-state index is 12.3. The molecule has 1 unspecified atom stereocenters. The number of rotatable bonds is 4. The number of sulfonamides is 1. The highest BCUT2D eigenvalue weighted by Crippen LogP contribution is 2.16. The number of fused-ring (bicyclic) bond motifs is 1. The number of carbonyl (C=O) groups excluding carboxylic acids is 1. The van der Waals surface area contributed by atoms with Gasteiger partial charge in [-0.2, -0.15) is 0 Å². The summed E-state index contributed by atoms with van der Waals surface area (Å²) >= 11 is 0. The molecule has 1 atom stereocenters. The van der Waals surface area contributed by atoms with Crippen LogP contribution in [0.1, 0.15) is 11.6 Å². The van der Waals surface area contributed by atoms with E-state index in [1.54, 1.807) is 17.2 Å². The predicted octanol–water partition coefficient (Wildman–Crippen LogP) is 0.722. The molecule has 7 nitrogen and oxygen atoms in total. The predicted molar refractivity (Wildman–Crippen MR) is 98.8 cm³/mol. The van der Waals surface area contributed by atoms with Crippen LogP contribution >= 0.6 is 12.4 Å². The van der Waals surface area contributed by atoms with Crippen LogP contribution in [0, 0.1) is 0 Å². The summed E-state index contributed by atoms with van der Waals surface area (Å²) in [7, 11) is -3.39. The van der Waals surface area contributed by atoms with Gasteiger partial charge in [-0.1, -0.05) is 30.3 Å². The largest absolute Gasteiger partial charge is 0.350 e. The van der Waals surface area contributed by atoms with Gasteiger partial charge >= 0.3 is 0 Å². The number of amidine groups is 1. The number of carbonyl (C=O) groups is 1. The molecule has 2 heterocycles. The molecule has 134 valence electrons. The summed E-state index contributed by atoms with van der Waals surface area (Å²) in [5.41, 5.74) is 7.44. The van der Waals surface area contributed by atoms with Crippen molar-refractivity contribution in [1.29, 1.82) is 0 Å². The van der Waals surface area contributed by atoms with E-state index in [2.05, 4.69) is 9.71 Å². The van der Waals surface area contributed by atoms with Gasteiger partial charge < -0.3 is 16.0 Å². The van der Waals surface area contributed by atoms with Crippen molar-refractivity contribution in [3.8, 4) is 0 Å². The van der Waals surface area contributed by atoms with E-state index < -0.39 is 10.0 Å². The smallest absolute Gasteiger partial charge is 0.256 e. The average molecular weight is 383 g/mol. The SMILES string of the molecule is Cl.NC(CNC(=O)C1=CN2CCS(=O)(=O)N=C2C=C1)c1ccccc1. The normalized spacial score (nSPS) is 19.0. The highest BCUT2D eigenvalue weighted by Gasteiger charge is 2.25. The van der Waals surface area contributed by atoms with Crippen LogP contribution < -0.4 is 11.1 Å². The van der Waals surface area contributed by atoms with E-state index in [0.29, 0.717) is 18.0 Å². The van der Waals surface area contributed by atoms with Crippen molar-refractivity contribution in [2.45, 2.75) is 6.04 Å². The van der Waals surface area contributed by atoms with E-state index in [1.807, 2.05) is 30.3 Å². The lowest BCUT2D eigenvalue weighted by Crippen LogP contribution is -2.39. The fourth-order valence-corrected chi connectivity index (χ4v) is 3.43. The Balaban J connectivity index is 0.00000225. The van der Waals surface area contributed by atoms with E-state index in [0.717, 1.165) is 5.56 Å². The summed E-state index contributed by atoms with van der Waals surface area (Å²) in [5.74, 6) is 0.0122. The highest BCUT2D eigenvalue weighted by molar-refractivity contribution is 7.90. The van der Waals surface area contributed by atoms with Crippen LogP contribution in [-0.4, -0.2) is 43.9 Å². The lowest BCUT2D eigenvalue weighted by molar-refractivity contribution is -0.117. The lowest BCUT2D eigenvalue weighted by atomic mass is 10.1.